The lowest BCUT2D eigenvalue weighted by Crippen LogP contribution is -1.87. The number of rotatable bonds is 32. The maximum Gasteiger partial charge on any atom is 0.185 e. The summed E-state index contributed by atoms with van der Waals surface area (Å²) >= 11 is 1.44. The Hall–Kier alpha value is -2.62. The van der Waals surface area contributed by atoms with Gasteiger partial charge in [0.2, 0.25) is 0 Å². The van der Waals surface area contributed by atoms with Gasteiger partial charge in [0.1, 0.15) is 0 Å². The van der Waals surface area contributed by atoms with E-state index < -0.39 is 0 Å². The molecule has 0 unspecified atom stereocenters. The van der Waals surface area contributed by atoms with E-state index in [0.29, 0.717) is 0 Å². The lowest BCUT2D eigenvalue weighted by Gasteiger charge is -2.04. The number of carbonyl (C=O) groups is 1. The van der Waals surface area contributed by atoms with E-state index in [2.05, 4.69) is 124 Å². The molecular formula is C54H88O2S. The van der Waals surface area contributed by atoms with E-state index in [1.54, 1.807) is 6.92 Å². The van der Waals surface area contributed by atoms with Crippen molar-refractivity contribution < 1.29 is 9.90 Å². The van der Waals surface area contributed by atoms with E-state index in [-0.39, 0.29) is 11.7 Å². The average Bonchev–Trinajstić information content (AvgIpc) is 3.13. The lowest BCUT2D eigenvalue weighted by molar-refractivity contribution is -0.109. The molecule has 0 rings (SSSR count). The Morgan fingerprint density at radius 1 is 0.333 bits per heavy atom. The zero-order valence-electron chi connectivity index (χ0n) is 39.1. The Morgan fingerprint density at radius 3 is 0.719 bits per heavy atom. The van der Waals surface area contributed by atoms with E-state index in [4.69, 9.17) is 5.11 Å². The summed E-state index contributed by atoms with van der Waals surface area (Å²) in [5.41, 5.74) is 14.8. The molecule has 0 aliphatic carbocycles. The van der Waals surface area contributed by atoms with Gasteiger partial charge >= 0.3 is 0 Å². The fourth-order valence-electron chi connectivity index (χ4n) is 6.66. The quantitative estimate of drug-likeness (QED) is 0.0544. The van der Waals surface area contributed by atoms with Crippen molar-refractivity contribution in [3.05, 3.63) is 116 Å². The molecule has 0 saturated carbocycles. The molecule has 0 atom stereocenters. The maximum absolute atomic E-state index is 11.1. The monoisotopic (exact) mass is 801 g/mol. The van der Waals surface area contributed by atoms with Crippen LogP contribution < -0.4 is 0 Å². The highest BCUT2D eigenvalue weighted by atomic mass is 32.2. The van der Waals surface area contributed by atoms with Crippen LogP contribution in [-0.2, 0) is 4.79 Å². The zero-order valence-corrected chi connectivity index (χ0v) is 39.9. The first-order valence-corrected chi connectivity index (χ1v) is 23.5. The van der Waals surface area contributed by atoms with Crippen LogP contribution in [0.25, 0.3) is 0 Å². The molecule has 0 bridgehead atoms. The van der Waals surface area contributed by atoms with Crippen molar-refractivity contribution in [2.45, 2.75) is 205 Å². The average molecular weight is 801 g/mol. The summed E-state index contributed by atoms with van der Waals surface area (Å²) in [6.45, 7) is 24.4. The second-order valence-corrected chi connectivity index (χ2v) is 18.3. The lowest BCUT2D eigenvalue weighted by atomic mass is 10.0. The summed E-state index contributed by atoms with van der Waals surface area (Å²) in [7, 11) is 0. The van der Waals surface area contributed by atoms with Crippen LogP contribution in [0.15, 0.2) is 116 Å². The van der Waals surface area contributed by atoms with Crippen molar-refractivity contribution in [2.75, 3.05) is 12.4 Å². The van der Waals surface area contributed by atoms with Gasteiger partial charge in [-0.2, -0.15) is 0 Å². The summed E-state index contributed by atoms with van der Waals surface area (Å²) in [4.78, 5) is 11.1. The zero-order chi connectivity index (χ0) is 42.7. The SMILES string of the molecule is CC(=O)SCCC/C(C)=C/CC/C(C)=C/CC/C(C)=C/CC/C(C)=C\CC/C(C)=C\CC/C(C)=C\CC/C(C)=C\CC/C(C)=C\CC/C(C)=C\CC/C(C)=C\CO. The van der Waals surface area contributed by atoms with E-state index in [0.717, 1.165) is 134 Å². The molecule has 57 heavy (non-hydrogen) atoms. The largest absolute Gasteiger partial charge is 0.392 e. The van der Waals surface area contributed by atoms with Crippen LogP contribution >= 0.6 is 11.8 Å². The highest BCUT2D eigenvalue weighted by molar-refractivity contribution is 8.13. The molecule has 3 heteroatoms. The van der Waals surface area contributed by atoms with Crippen LogP contribution in [0.4, 0.5) is 0 Å². The van der Waals surface area contributed by atoms with E-state index >= 15 is 0 Å². The van der Waals surface area contributed by atoms with Crippen molar-refractivity contribution in [2.24, 2.45) is 0 Å². The molecule has 0 aromatic heterocycles. The Balaban J connectivity index is 4.24. The fraction of sp³-hybridized carbons (Fsp3) is 0.611. The number of aliphatic hydroxyl groups is 1. The summed E-state index contributed by atoms with van der Waals surface area (Å²) in [6, 6.07) is 0. The van der Waals surface area contributed by atoms with Gasteiger partial charge in [-0.25, -0.2) is 0 Å². The molecule has 0 spiro atoms. The third kappa shape index (κ3) is 37.4. The van der Waals surface area contributed by atoms with Gasteiger partial charge in [-0.15, -0.1) is 0 Å². The van der Waals surface area contributed by atoms with Crippen LogP contribution in [-0.4, -0.2) is 22.6 Å². The second kappa shape index (κ2) is 36.5. The van der Waals surface area contributed by atoms with Crippen molar-refractivity contribution in [1.29, 1.82) is 0 Å². The van der Waals surface area contributed by atoms with Crippen LogP contribution in [0.5, 0.6) is 0 Å². The van der Waals surface area contributed by atoms with Gasteiger partial charge in [0.05, 0.1) is 6.61 Å². The molecule has 0 aromatic rings. The number of aliphatic hydroxyl groups excluding tert-OH is 1. The number of hydrogen-bond acceptors (Lipinski definition) is 3. The first-order chi connectivity index (χ1) is 27.2. The van der Waals surface area contributed by atoms with Gasteiger partial charge < -0.3 is 5.11 Å². The summed E-state index contributed by atoms with van der Waals surface area (Å²) in [5, 5.41) is 9.21. The molecule has 0 amide bonds. The normalized spacial score (nSPS) is 14.9. The van der Waals surface area contributed by atoms with Gasteiger partial charge in [0.25, 0.3) is 0 Å². The molecule has 0 aliphatic rings. The number of thioether (sulfide) groups is 1. The highest BCUT2D eigenvalue weighted by Gasteiger charge is 1.99. The van der Waals surface area contributed by atoms with Crippen LogP contribution in [0.1, 0.15) is 205 Å². The van der Waals surface area contributed by atoms with Crippen molar-refractivity contribution in [3.8, 4) is 0 Å². The molecule has 322 valence electrons. The fourth-order valence-corrected chi connectivity index (χ4v) is 7.24. The van der Waals surface area contributed by atoms with Crippen LogP contribution in [0, 0.1) is 0 Å². The molecule has 0 heterocycles. The van der Waals surface area contributed by atoms with E-state index in [1.165, 1.54) is 67.5 Å². The molecule has 0 radical (unpaired) electrons. The number of carbonyl (C=O) groups excluding carboxylic acids is 1. The molecule has 0 aliphatic heterocycles. The van der Waals surface area contributed by atoms with Crippen LogP contribution in [0.2, 0.25) is 0 Å². The van der Waals surface area contributed by atoms with Gasteiger partial charge in [-0.3, -0.25) is 4.79 Å². The van der Waals surface area contributed by atoms with E-state index in [9.17, 15) is 4.79 Å². The van der Waals surface area contributed by atoms with Crippen molar-refractivity contribution in [3.63, 3.8) is 0 Å². The third-order valence-corrected chi connectivity index (χ3v) is 11.6. The smallest absolute Gasteiger partial charge is 0.185 e. The highest BCUT2D eigenvalue weighted by Crippen LogP contribution is 2.19. The predicted octanol–water partition coefficient (Wildman–Crippen LogP) is 17.5. The standard InChI is InChI=1S/C54H88O2S/c1-44(24-13-26-46(3)28-15-30-48(5)32-17-34-50(7)36-19-38-52(9)40-21-43-57-54(11)56)22-12-23-45(2)25-14-27-47(4)29-16-31-49(6)33-18-35-51(8)37-20-39-53(10)41-42-55/h22,25-26,29-30,33-34,37-38,41,55H,12-21,23-24,27-28,31-32,35-36,39-40,42-43H2,1-11H3/b44-22-,45-25-,46-26-,47-29-,48-30+,49-33-,50-34+,51-37-,52-38+,53-41-. The minimum atomic E-state index is 0.147. The first-order valence-electron chi connectivity index (χ1n) is 22.5. The topological polar surface area (TPSA) is 37.3 Å². The summed E-state index contributed by atoms with van der Waals surface area (Å²) < 4.78 is 0. The first kappa shape index (κ1) is 54.4. The van der Waals surface area contributed by atoms with Crippen LogP contribution in [0.3, 0.4) is 0 Å². The molecule has 1 N–H and O–H groups in total. The Labute approximate surface area is 358 Å². The minimum Gasteiger partial charge on any atom is -0.392 e. The van der Waals surface area contributed by atoms with E-state index in [1.807, 2.05) is 6.08 Å². The number of hydrogen-bond donors (Lipinski definition) is 1. The summed E-state index contributed by atoms with van der Waals surface area (Å²) in [6.07, 6.45) is 46.4. The third-order valence-electron chi connectivity index (χ3n) is 10.7. The van der Waals surface area contributed by atoms with Gasteiger partial charge in [-0.1, -0.05) is 128 Å². The summed E-state index contributed by atoms with van der Waals surface area (Å²) in [5.74, 6) is 0.936. The maximum atomic E-state index is 11.1. The van der Waals surface area contributed by atoms with Crippen molar-refractivity contribution in [1.82, 2.24) is 0 Å². The Kier molecular flexibility index (Phi) is 34.8. The Morgan fingerprint density at radius 2 is 0.526 bits per heavy atom. The predicted molar refractivity (Wildman–Crippen MR) is 260 cm³/mol. The molecule has 0 aromatic carbocycles. The minimum absolute atomic E-state index is 0.147. The molecule has 0 saturated heterocycles. The molecular weight excluding hydrogens is 713 g/mol. The van der Waals surface area contributed by atoms with Crippen molar-refractivity contribution >= 4 is 16.9 Å². The Bertz CT molecular complexity index is 1430. The van der Waals surface area contributed by atoms with Gasteiger partial charge in [0, 0.05) is 12.7 Å². The second-order valence-electron chi connectivity index (χ2n) is 17.0. The van der Waals surface area contributed by atoms with Gasteiger partial charge in [0.15, 0.2) is 5.12 Å². The molecule has 0 fully saturated rings. The number of allylic oxidation sites excluding steroid dienone is 19. The molecule has 2 nitrogen and oxygen atoms in total. The van der Waals surface area contributed by atoms with Gasteiger partial charge in [-0.05, 0) is 198 Å².